The van der Waals surface area contributed by atoms with Crippen LogP contribution in [0.3, 0.4) is 0 Å². The summed E-state index contributed by atoms with van der Waals surface area (Å²) in [6.07, 6.45) is 0. The molecule has 2 aromatic rings. The van der Waals surface area contributed by atoms with Gasteiger partial charge in [-0.2, -0.15) is 0 Å². The van der Waals surface area contributed by atoms with E-state index in [9.17, 15) is 4.79 Å². The minimum absolute atomic E-state index is 0.187. The molecule has 106 valence electrons. The average Bonchev–Trinajstić information content (AvgIpc) is 2.82. The van der Waals surface area contributed by atoms with Crippen LogP contribution in [0.15, 0.2) is 24.3 Å². The van der Waals surface area contributed by atoms with Crippen molar-refractivity contribution in [1.29, 1.82) is 0 Å². The number of hydrogen-bond acceptors (Lipinski definition) is 5. The Bertz CT molecular complexity index is 607. The van der Waals surface area contributed by atoms with Crippen LogP contribution in [-0.4, -0.2) is 27.6 Å². The lowest BCUT2D eigenvalue weighted by molar-refractivity contribution is 0.0518. The van der Waals surface area contributed by atoms with Gasteiger partial charge in [0, 0.05) is 6.54 Å². The van der Waals surface area contributed by atoms with Crippen molar-refractivity contribution < 1.29 is 9.53 Å². The summed E-state index contributed by atoms with van der Waals surface area (Å²) in [7, 11) is 0. The van der Waals surface area contributed by atoms with Crippen LogP contribution >= 0.6 is 0 Å². The second-order valence-corrected chi connectivity index (χ2v) is 4.46. The number of hydrogen-bond donors (Lipinski definition) is 1. The topological polar surface area (TPSA) is 83.0 Å². The highest BCUT2D eigenvalue weighted by molar-refractivity contribution is 5.88. The molecule has 0 saturated carbocycles. The van der Waals surface area contributed by atoms with E-state index in [0.29, 0.717) is 18.8 Å². The van der Waals surface area contributed by atoms with E-state index in [4.69, 9.17) is 10.5 Å². The van der Waals surface area contributed by atoms with Crippen LogP contribution in [0.2, 0.25) is 0 Å². The molecule has 0 spiro atoms. The fourth-order valence-electron chi connectivity index (χ4n) is 2.00. The molecule has 6 heteroatoms. The van der Waals surface area contributed by atoms with Gasteiger partial charge in [-0.1, -0.05) is 35.0 Å². The van der Waals surface area contributed by atoms with E-state index in [0.717, 1.165) is 5.56 Å². The predicted octanol–water partition coefficient (Wildman–Crippen LogP) is 1.27. The van der Waals surface area contributed by atoms with Crippen molar-refractivity contribution in [3.63, 3.8) is 0 Å². The third kappa shape index (κ3) is 3.03. The van der Waals surface area contributed by atoms with Crippen LogP contribution in [0.25, 0.3) is 0 Å². The standard InChI is InChI=1S/C14H18N4O2/c1-3-20-14(19)13-12(8-15)18(17-16-13)9-11-6-4-5-10(2)7-11/h4-7H,3,8-9,15H2,1-2H3. The number of nitrogens with two attached hydrogens (primary N) is 1. The van der Waals surface area contributed by atoms with E-state index >= 15 is 0 Å². The van der Waals surface area contributed by atoms with Crippen LogP contribution in [0.1, 0.15) is 34.2 Å². The molecule has 0 atom stereocenters. The first-order chi connectivity index (χ1) is 9.65. The predicted molar refractivity (Wildman–Crippen MR) is 74.2 cm³/mol. The van der Waals surface area contributed by atoms with Gasteiger partial charge in [-0.25, -0.2) is 9.48 Å². The zero-order valence-electron chi connectivity index (χ0n) is 11.7. The van der Waals surface area contributed by atoms with Gasteiger partial charge in [0.2, 0.25) is 0 Å². The summed E-state index contributed by atoms with van der Waals surface area (Å²) in [5.74, 6) is -0.483. The van der Waals surface area contributed by atoms with Crippen molar-refractivity contribution in [2.75, 3.05) is 6.61 Å². The van der Waals surface area contributed by atoms with Crippen molar-refractivity contribution >= 4 is 5.97 Å². The van der Waals surface area contributed by atoms with E-state index < -0.39 is 5.97 Å². The Morgan fingerprint density at radius 3 is 2.90 bits per heavy atom. The van der Waals surface area contributed by atoms with Gasteiger partial charge < -0.3 is 10.5 Å². The number of nitrogens with zero attached hydrogens (tertiary/aromatic N) is 3. The summed E-state index contributed by atoms with van der Waals surface area (Å²) in [6, 6.07) is 8.07. The Labute approximate surface area is 117 Å². The van der Waals surface area contributed by atoms with E-state index in [1.54, 1.807) is 11.6 Å². The SMILES string of the molecule is CCOC(=O)c1nnn(Cc2cccc(C)c2)c1CN. The molecule has 2 N–H and O–H groups in total. The van der Waals surface area contributed by atoms with Gasteiger partial charge in [-0.15, -0.1) is 5.10 Å². The first kappa shape index (κ1) is 14.2. The molecule has 0 bridgehead atoms. The van der Waals surface area contributed by atoms with Gasteiger partial charge in [0.25, 0.3) is 0 Å². The first-order valence-electron chi connectivity index (χ1n) is 6.50. The highest BCUT2D eigenvalue weighted by atomic mass is 16.5. The second kappa shape index (κ2) is 6.29. The Balaban J connectivity index is 2.27. The lowest BCUT2D eigenvalue weighted by Crippen LogP contribution is -2.14. The van der Waals surface area contributed by atoms with Crippen LogP contribution < -0.4 is 5.73 Å². The summed E-state index contributed by atoms with van der Waals surface area (Å²) in [6.45, 7) is 4.79. The number of carbonyl (C=O) groups is 1. The Kier molecular flexibility index (Phi) is 4.47. The summed E-state index contributed by atoms with van der Waals surface area (Å²) in [4.78, 5) is 11.8. The van der Waals surface area contributed by atoms with Crippen LogP contribution in [0.4, 0.5) is 0 Å². The molecule has 0 aliphatic carbocycles. The lowest BCUT2D eigenvalue weighted by atomic mass is 10.1. The molecule has 0 aliphatic heterocycles. The average molecular weight is 274 g/mol. The van der Waals surface area contributed by atoms with Crippen molar-refractivity contribution in [2.45, 2.75) is 26.9 Å². The minimum atomic E-state index is -0.483. The number of carbonyl (C=O) groups excluding carboxylic acids is 1. The van der Waals surface area contributed by atoms with E-state index in [1.165, 1.54) is 5.56 Å². The summed E-state index contributed by atoms with van der Waals surface area (Å²) >= 11 is 0. The third-order valence-electron chi connectivity index (χ3n) is 2.91. The fraction of sp³-hybridized carbons (Fsp3) is 0.357. The summed E-state index contributed by atoms with van der Waals surface area (Å²) in [5.41, 5.74) is 8.74. The highest BCUT2D eigenvalue weighted by Crippen LogP contribution is 2.11. The molecule has 2 rings (SSSR count). The van der Waals surface area contributed by atoms with Gasteiger partial charge in [0.05, 0.1) is 18.8 Å². The molecule has 0 fully saturated rings. The number of benzene rings is 1. The van der Waals surface area contributed by atoms with Crippen molar-refractivity contribution in [1.82, 2.24) is 15.0 Å². The summed E-state index contributed by atoms with van der Waals surface area (Å²) < 4.78 is 6.58. The van der Waals surface area contributed by atoms with Crippen molar-refractivity contribution in [3.05, 3.63) is 46.8 Å². The fourth-order valence-corrected chi connectivity index (χ4v) is 2.00. The maximum atomic E-state index is 11.8. The highest BCUT2D eigenvalue weighted by Gasteiger charge is 2.19. The maximum absolute atomic E-state index is 11.8. The van der Waals surface area contributed by atoms with Crippen LogP contribution in [0.5, 0.6) is 0 Å². The molecular formula is C14H18N4O2. The zero-order chi connectivity index (χ0) is 14.5. The maximum Gasteiger partial charge on any atom is 0.360 e. The van der Waals surface area contributed by atoms with E-state index in [1.807, 2.05) is 25.1 Å². The molecular weight excluding hydrogens is 256 g/mol. The monoisotopic (exact) mass is 274 g/mol. The Morgan fingerprint density at radius 2 is 2.25 bits per heavy atom. The minimum Gasteiger partial charge on any atom is -0.461 e. The Morgan fingerprint density at radius 1 is 1.45 bits per heavy atom. The molecule has 1 aromatic heterocycles. The van der Waals surface area contributed by atoms with Gasteiger partial charge in [-0.3, -0.25) is 0 Å². The lowest BCUT2D eigenvalue weighted by Gasteiger charge is -2.06. The van der Waals surface area contributed by atoms with Crippen LogP contribution in [0, 0.1) is 6.92 Å². The molecule has 1 aromatic carbocycles. The molecule has 6 nitrogen and oxygen atoms in total. The molecule has 0 amide bonds. The number of aromatic nitrogens is 3. The Hall–Kier alpha value is -2.21. The molecule has 0 aliphatic rings. The first-order valence-corrected chi connectivity index (χ1v) is 6.50. The molecule has 1 heterocycles. The molecule has 0 radical (unpaired) electrons. The quantitative estimate of drug-likeness (QED) is 0.830. The molecule has 20 heavy (non-hydrogen) atoms. The zero-order valence-corrected chi connectivity index (χ0v) is 11.7. The smallest absolute Gasteiger partial charge is 0.360 e. The number of ether oxygens (including phenoxy) is 1. The van der Waals surface area contributed by atoms with Gasteiger partial charge >= 0.3 is 5.97 Å². The van der Waals surface area contributed by atoms with Crippen molar-refractivity contribution in [2.24, 2.45) is 5.73 Å². The van der Waals surface area contributed by atoms with E-state index in [2.05, 4.69) is 16.4 Å². The van der Waals surface area contributed by atoms with Crippen LogP contribution in [-0.2, 0) is 17.8 Å². The van der Waals surface area contributed by atoms with Gasteiger partial charge in [0.1, 0.15) is 0 Å². The summed E-state index contributed by atoms with van der Waals surface area (Å²) in [5, 5.41) is 7.88. The number of esters is 1. The normalized spacial score (nSPS) is 10.6. The van der Waals surface area contributed by atoms with Crippen molar-refractivity contribution in [3.8, 4) is 0 Å². The second-order valence-electron chi connectivity index (χ2n) is 4.46. The van der Waals surface area contributed by atoms with Gasteiger partial charge in [0.15, 0.2) is 5.69 Å². The third-order valence-corrected chi connectivity index (χ3v) is 2.91. The molecule has 0 saturated heterocycles. The van der Waals surface area contributed by atoms with Gasteiger partial charge in [-0.05, 0) is 19.4 Å². The number of rotatable bonds is 5. The van der Waals surface area contributed by atoms with E-state index in [-0.39, 0.29) is 12.2 Å². The largest absolute Gasteiger partial charge is 0.461 e. The number of aryl methyl sites for hydroxylation is 1. The molecule has 0 unspecified atom stereocenters.